The highest BCUT2D eigenvalue weighted by atomic mass is 32.2. The van der Waals surface area contributed by atoms with E-state index in [2.05, 4.69) is 17.2 Å². The summed E-state index contributed by atoms with van der Waals surface area (Å²) >= 11 is 1.70. The first-order chi connectivity index (χ1) is 10.7. The van der Waals surface area contributed by atoms with Crippen LogP contribution >= 0.6 is 11.8 Å². The SMILES string of the molecule is CSc1ccc(C=C2C(=O)N(c3ccccc3)N=C2C)cc1. The van der Waals surface area contributed by atoms with Crippen LogP contribution in [-0.4, -0.2) is 17.9 Å². The summed E-state index contributed by atoms with van der Waals surface area (Å²) in [5.41, 5.74) is 3.17. The fourth-order valence-electron chi connectivity index (χ4n) is 2.30. The van der Waals surface area contributed by atoms with Gasteiger partial charge in [-0.1, -0.05) is 30.3 Å². The number of anilines is 1. The Morgan fingerprint density at radius 2 is 1.73 bits per heavy atom. The summed E-state index contributed by atoms with van der Waals surface area (Å²) in [6, 6.07) is 17.6. The van der Waals surface area contributed by atoms with E-state index >= 15 is 0 Å². The lowest BCUT2D eigenvalue weighted by atomic mass is 10.1. The summed E-state index contributed by atoms with van der Waals surface area (Å²) < 4.78 is 0. The Hall–Kier alpha value is -2.33. The Balaban J connectivity index is 1.90. The second-order valence-corrected chi connectivity index (χ2v) is 5.85. The molecule has 4 heteroatoms. The van der Waals surface area contributed by atoms with Crippen molar-refractivity contribution in [3.05, 3.63) is 65.7 Å². The minimum Gasteiger partial charge on any atom is -0.267 e. The molecule has 3 rings (SSSR count). The number of amides is 1. The summed E-state index contributed by atoms with van der Waals surface area (Å²) in [6.45, 7) is 1.86. The molecule has 0 saturated heterocycles. The molecule has 0 aromatic heterocycles. The molecular weight excluding hydrogens is 292 g/mol. The fourth-order valence-corrected chi connectivity index (χ4v) is 2.70. The normalized spacial score (nSPS) is 16.3. The molecule has 1 amide bonds. The van der Waals surface area contributed by atoms with Gasteiger partial charge in [0.1, 0.15) is 0 Å². The van der Waals surface area contributed by atoms with Crippen LogP contribution in [0, 0.1) is 0 Å². The highest BCUT2D eigenvalue weighted by Crippen LogP contribution is 2.25. The van der Waals surface area contributed by atoms with Crippen LogP contribution in [0.4, 0.5) is 5.69 Å². The Morgan fingerprint density at radius 1 is 1.05 bits per heavy atom. The molecule has 0 aliphatic carbocycles. The Kier molecular flexibility index (Phi) is 4.11. The smallest absolute Gasteiger partial charge is 0.267 e. The maximum absolute atomic E-state index is 12.6. The first kappa shape index (κ1) is 14.6. The van der Waals surface area contributed by atoms with Gasteiger partial charge >= 0.3 is 0 Å². The Morgan fingerprint density at radius 3 is 2.36 bits per heavy atom. The van der Waals surface area contributed by atoms with Crippen molar-refractivity contribution >= 4 is 35.1 Å². The van der Waals surface area contributed by atoms with E-state index in [1.165, 1.54) is 9.90 Å². The van der Waals surface area contributed by atoms with E-state index in [1.807, 2.05) is 61.7 Å². The molecule has 0 saturated carbocycles. The van der Waals surface area contributed by atoms with E-state index in [4.69, 9.17) is 0 Å². The maximum Gasteiger partial charge on any atom is 0.280 e. The predicted octanol–water partition coefficient (Wildman–Crippen LogP) is 4.21. The minimum absolute atomic E-state index is 0.0855. The molecule has 1 aliphatic heterocycles. The van der Waals surface area contributed by atoms with Crippen molar-refractivity contribution in [2.45, 2.75) is 11.8 Å². The van der Waals surface area contributed by atoms with Gasteiger partial charge in [-0.25, -0.2) is 0 Å². The van der Waals surface area contributed by atoms with Crippen LogP contribution in [-0.2, 0) is 4.79 Å². The van der Waals surface area contributed by atoms with Gasteiger partial charge in [0.15, 0.2) is 0 Å². The molecule has 2 aromatic rings. The van der Waals surface area contributed by atoms with Crippen molar-refractivity contribution in [2.75, 3.05) is 11.3 Å². The van der Waals surface area contributed by atoms with Crippen molar-refractivity contribution in [2.24, 2.45) is 5.10 Å². The van der Waals surface area contributed by atoms with Crippen molar-refractivity contribution < 1.29 is 4.79 Å². The van der Waals surface area contributed by atoms with Gasteiger partial charge < -0.3 is 0 Å². The molecule has 3 nitrogen and oxygen atoms in total. The van der Waals surface area contributed by atoms with Crippen molar-refractivity contribution in [1.29, 1.82) is 0 Å². The van der Waals surface area contributed by atoms with E-state index < -0.39 is 0 Å². The second kappa shape index (κ2) is 6.20. The van der Waals surface area contributed by atoms with Crippen LogP contribution < -0.4 is 5.01 Å². The second-order valence-electron chi connectivity index (χ2n) is 4.97. The molecule has 0 spiro atoms. The van der Waals surface area contributed by atoms with E-state index in [9.17, 15) is 4.79 Å². The number of benzene rings is 2. The van der Waals surface area contributed by atoms with Crippen LogP contribution in [0.1, 0.15) is 12.5 Å². The summed E-state index contributed by atoms with van der Waals surface area (Å²) in [5.74, 6) is -0.0855. The monoisotopic (exact) mass is 308 g/mol. The molecule has 0 N–H and O–H groups in total. The molecule has 1 heterocycles. The molecule has 22 heavy (non-hydrogen) atoms. The summed E-state index contributed by atoms with van der Waals surface area (Å²) in [7, 11) is 0. The average molecular weight is 308 g/mol. The number of hydrazone groups is 1. The number of hydrogen-bond donors (Lipinski definition) is 0. The Bertz CT molecular complexity index is 748. The van der Waals surface area contributed by atoms with Gasteiger partial charge in [0.25, 0.3) is 5.91 Å². The molecule has 1 aliphatic rings. The van der Waals surface area contributed by atoms with E-state index in [-0.39, 0.29) is 5.91 Å². The maximum atomic E-state index is 12.6. The molecule has 110 valence electrons. The van der Waals surface area contributed by atoms with Crippen LogP contribution in [0.5, 0.6) is 0 Å². The number of para-hydroxylation sites is 1. The van der Waals surface area contributed by atoms with Gasteiger partial charge in [0.2, 0.25) is 0 Å². The van der Waals surface area contributed by atoms with Crippen LogP contribution in [0.2, 0.25) is 0 Å². The van der Waals surface area contributed by atoms with Gasteiger partial charge in [-0.2, -0.15) is 10.1 Å². The molecule has 0 bridgehead atoms. The zero-order valence-corrected chi connectivity index (χ0v) is 13.3. The van der Waals surface area contributed by atoms with Gasteiger partial charge in [-0.3, -0.25) is 4.79 Å². The van der Waals surface area contributed by atoms with Crippen LogP contribution in [0.25, 0.3) is 6.08 Å². The zero-order valence-electron chi connectivity index (χ0n) is 12.5. The van der Waals surface area contributed by atoms with Gasteiger partial charge in [0, 0.05) is 4.90 Å². The predicted molar refractivity (Wildman–Crippen MR) is 93.2 cm³/mol. The van der Waals surface area contributed by atoms with Gasteiger partial charge in [-0.15, -0.1) is 11.8 Å². The van der Waals surface area contributed by atoms with E-state index in [0.717, 1.165) is 17.0 Å². The van der Waals surface area contributed by atoms with Crippen molar-refractivity contribution in [1.82, 2.24) is 0 Å². The first-order valence-electron chi connectivity index (χ1n) is 7.00. The van der Waals surface area contributed by atoms with E-state index in [0.29, 0.717) is 5.57 Å². The van der Waals surface area contributed by atoms with Gasteiger partial charge in [0.05, 0.1) is 17.0 Å². The zero-order chi connectivity index (χ0) is 15.5. The topological polar surface area (TPSA) is 32.7 Å². The Labute approximate surface area is 134 Å². The lowest BCUT2D eigenvalue weighted by molar-refractivity contribution is -0.114. The third-order valence-electron chi connectivity index (χ3n) is 3.49. The molecule has 0 atom stereocenters. The highest BCUT2D eigenvalue weighted by Gasteiger charge is 2.28. The summed E-state index contributed by atoms with van der Waals surface area (Å²) in [6.07, 6.45) is 3.94. The average Bonchev–Trinajstić information content (AvgIpc) is 2.84. The molecular formula is C18H16N2OS. The molecule has 0 radical (unpaired) electrons. The quantitative estimate of drug-likeness (QED) is 0.628. The first-order valence-corrected chi connectivity index (χ1v) is 8.22. The lowest BCUT2D eigenvalue weighted by Crippen LogP contribution is -2.21. The molecule has 0 unspecified atom stereocenters. The standard InChI is InChI=1S/C18H16N2OS/c1-13-17(12-14-8-10-16(22-2)11-9-14)18(21)20(19-13)15-6-4-3-5-7-15/h3-12H,1-2H3. The number of thioether (sulfide) groups is 1. The number of carbonyl (C=O) groups is 1. The van der Waals surface area contributed by atoms with Crippen LogP contribution in [0.15, 0.2) is 70.2 Å². The minimum atomic E-state index is -0.0855. The number of nitrogens with zero attached hydrogens (tertiary/aromatic N) is 2. The third kappa shape index (κ3) is 2.83. The molecule has 0 fully saturated rings. The number of hydrogen-bond acceptors (Lipinski definition) is 3. The lowest BCUT2D eigenvalue weighted by Gasteiger charge is -2.11. The van der Waals surface area contributed by atoms with Crippen molar-refractivity contribution in [3.63, 3.8) is 0 Å². The number of carbonyl (C=O) groups excluding carboxylic acids is 1. The summed E-state index contributed by atoms with van der Waals surface area (Å²) in [5, 5.41) is 5.83. The number of rotatable bonds is 3. The van der Waals surface area contributed by atoms with Crippen molar-refractivity contribution in [3.8, 4) is 0 Å². The highest BCUT2D eigenvalue weighted by molar-refractivity contribution is 7.98. The van der Waals surface area contributed by atoms with Crippen LogP contribution in [0.3, 0.4) is 0 Å². The summed E-state index contributed by atoms with van der Waals surface area (Å²) in [4.78, 5) is 13.8. The van der Waals surface area contributed by atoms with Gasteiger partial charge in [-0.05, 0) is 49.1 Å². The largest absolute Gasteiger partial charge is 0.280 e. The fraction of sp³-hybridized carbons (Fsp3) is 0.111. The van der Waals surface area contributed by atoms with E-state index in [1.54, 1.807) is 11.8 Å². The third-order valence-corrected chi connectivity index (χ3v) is 4.23. The molecule has 2 aromatic carbocycles.